The molecule has 21 heavy (non-hydrogen) atoms. The van der Waals surface area contributed by atoms with Gasteiger partial charge in [0.05, 0.1) is 0 Å². The molecule has 0 amide bonds. The minimum absolute atomic E-state index is 0.102. The summed E-state index contributed by atoms with van der Waals surface area (Å²) in [6, 6.07) is -0.531. The van der Waals surface area contributed by atoms with Gasteiger partial charge in [0.2, 0.25) is 0 Å². The molecule has 0 heterocycles. The Bertz CT molecular complexity index is 342. The fraction of sp³-hybridized carbons (Fsp3) is 0.923. The van der Waals surface area contributed by atoms with E-state index >= 15 is 0 Å². The molecule has 8 heteroatoms. The molecular weight excluding hydrogens is 327 g/mol. The third kappa shape index (κ3) is 12.8. The first kappa shape index (κ1) is 21.6. The van der Waals surface area contributed by atoms with Crippen LogP contribution < -0.4 is 5.73 Å². The first-order valence-corrected chi connectivity index (χ1v) is 16.2. The summed E-state index contributed by atoms with van der Waals surface area (Å²) in [6.07, 6.45) is -0.493. The van der Waals surface area contributed by atoms with Crippen molar-refractivity contribution in [2.45, 2.75) is 18.8 Å². The molecule has 0 saturated heterocycles. The molecule has 2 unspecified atom stereocenters. The van der Waals surface area contributed by atoms with Crippen molar-refractivity contribution >= 4 is 28.4 Å². The van der Waals surface area contributed by atoms with E-state index in [0.717, 1.165) is 0 Å². The Balaban J connectivity index is 5.10. The molecule has 5 nitrogen and oxygen atoms in total. The van der Waals surface area contributed by atoms with Crippen molar-refractivity contribution in [3.8, 4) is 0 Å². The van der Waals surface area contributed by atoms with E-state index in [1.54, 1.807) is 6.66 Å². The van der Waals surface area contributed by atoms with Crippen LogP contribution >= 0.6 is 22.5 Å². The number of hydrogen-bond donors (Lipinski definition) is 1. The van der Waals surface area contributed by atoms with Crippen molar-refractivity contribution in [3.63, 3.8) is 0 Å². The van der Waals surface area contributed by atoms with Crippen molar-refractivity contribution < 1.29 is 18.4 Å². The van der Waals surface area contributed by atoms with Crippen LogP contribution in [0.15, 0.2) is 0 Å². The number of carbonyl (C=O) groups excluding carboxylic acids is 1. The Kier molecular flexibility index (Phi) is 6.84. The molecule has 2 atom stereocenters. The molecule has 0 fully saturated rings. The quantitative estimate of drug-likeness (QED) is 0.532. The van der Waals surface area contributed by atoms with Crippen LogP contribution in [0, 0.1) is 0 Å². The van der Waals surface area contributed by atoms with E-state index in [1.807, 2.05) is 0 Å². The monoisotopic (exact) mass is 361 g/mol. The van der Waals surface area contributed by atoms with Gasteiger partial charge in [0.15, 0.2) is 0 Å². The molecular formula is C13H34NO4P3. The van der Waals surface area contributed by atoms with Gasteiger partial charge >= 0.3 is 131 Å². The van der Waals surface area contributed by atoms with Gasteiger partial charge in [-0.1, -0.05) is 0 Å². The van der Waals surface area contributed by atoms with Crippen molar-refractivity contribution in [3.05, 3.63) is 0 Å². The molecule has 130 valence electrons. The standard InChI is InChI=1S/C13H34NO4P3/c1-19-16-12(15)10-11(14)13(17-20(2,3,4)5)18-21(6,7,8)9/h11,13,19H,10,14H2,1-9H3. The van der Waals surface area contributed by atoms with E-state index in [0.29, 0.717) is 0 Å². The van der Waals surface area contributed by atoms with E-state index in [9.17, 15) is 4.79 Å². The summed E-state index contributed by atoms with van der Waals surface area (Å²) in [6.45, 7) is 13.9. The molecule has 0 bridgehead atoms. The first-order chi connectivity index (χ1) is 8.95. The molecule has 0 radical (unpaired) electrons. The number of nitrogens with two attached hydrogens (primary N) is 1. The second-order valence-electron chi connectivity index (χ2n) is 8.95. The van der Waals surface area contributed by atoms with Gasteiger partial charge in [-0.25, -0.2) is 0 Å². The zero-order valence-electron chi connectivity index (χ0n) is 15.0. The average Bonchev–Trinajstić information content (AvgIpc) is 2.09. The van der Waals surface area contributed by atoms with Gasteiger partial charge in [-0.2, -0.15) is 0 Å². The van der Waals surface area contributed by atoms with Crippen LogP contribution in [0.3, 0.4) is 0 Å². The van der Waals surface area contributed by atoms with E-state index in [4.69, 9.17) is 19.3 Å². The van der Waals surface area contributed by atoms with Gasteiger partial charge in [-0.15, -0.1) is 0 Å². The summed E-state index contributed by atoms with van der Waals surface area (Å²) in [5, 5.41) is 0. The third-order valence-electron chi connectivity index (χ3n) is 2.02. The van der Waals surface area contributed by atoms with E-state index < -0.39 is 26.0 Å². The molecule has 0 aromatic rings. The van der Waals surface area contributed by atoms with E-state index in [2.05, 4.69) is 53.3 Å². The second-order valence-corrected chi connectivity index (χ2v) is 23.6. The van der Waals surface area contributed by atoms with Crippen LogP contribution in [0.25, 0.3) is 0 Å². The summed E-state index contributed by atoms with van der Waals surface area (Å²) >= 11 is 0. The van der Waals surface area contributed by atoms with Crippen molar-refractivity contribution in [2.24, 2.45) is 5.73 Å². The predicted molar refractivity (Wildman–Crippen MR) is 100 cm³/mol. The maximum absolute atomic E-state index is 11.7. The molecule has 0 aromatic carbocycles. The zero-order valence-corrected chi connectivity index (χ0v) is 17.8. The Morgan fingerprint density at radius 2 is 1.38 bits per heavy atom. The normalized spacial score (nSPS) is 20.3. The molecule has 2 N–H and O–H groups in total. The summed E-state index contributed by atoms with van der Waals surface area (Å²) in [7, 11) is 0.128. The Morgan fingerprint density at radius 1 is 1.00 bits per heavy atom. The Labute approximate surface area is 131 Å². The topological polar surface area (TPSA) is 70.8 Å². The molecule has 0 aliphatic carbocycles. The van der Waals surface area contributed by atoms with Crippen LogP contribution in [0.4, 0.5) is 0 Å². The van der Waals surface area contributed by atoms with Gasteiger partial charge in [0.25, 0.3) is 0 Å². The van der Waals surface area contributed by atoms with Crippen LogP contribution in [0.1, 0.15) is 6.42 Å². The van der Waals surface area contributed by atoms with Crippen molar-refractivity contribution in [1.29, 1.82) is 0 Å². The van der Waals surface area contributed by atoms with Crippen LogP contribution in [0.5, 0.6) is 0 Å². The van der Waals surface area contributed by atoms with Gasteiger partial charge in [0, 0.05) is 0 Å². The van der Waals surface area contributed by atoms with Crippen molar-refractivity contribution in [2.75, 3.05) is 60.0 Å². The maximum atomic E-state index is 11.7. The number of hydrogen-bond acceptors (Lipinski definition) is 5. The van der Waals surface area contributed by atoms with E-state index in [1.165, 1.54) is 0 Å². The Hall–Kier alpha value is 0.640. The molecule has 0 aliphatic rings. The minimum atomic E-state index is -2.29. The fourth-order valence-corrected chi connectivity index (χ4v) is 3.89. The van der Waals surface area contributed by atoms with Gasteiger partial charge in [-0.3, -0.25) is 0 Å². The van der Waals surface area contributed by atoms with Gasteiger partial charge in [0.1, 0.15) is 0 Å². The van der Waals surface area contributed by atoms with E-state index in [-0.39, 0.29) is 21.2 Å². The summed E-state index contributed by atoms with van der Waals surface area (Å²) < 4.78 is 17.4. The molecule has 0 spiro atoms. The second kappa shape index (κ2) is 6.63. The molecule has 0 aromatic heterocycles. The predicted octanol–water partition coefficient (Wildman–Crippen LogP) is 2.80. The summed E-state index contributed by atoms with van der Waals surface area (Å²) in [5.74, 6) is -0.306. The zero-order chi connectivity index (χ0) is 17.2. The molecule has 0 saturated carbocycles. The fourth-order valence-electron chi connectivity index (χ4n) is 1.45. The SMILES string of the molecule is CPOC(=O)CC(N)C(OP(C)(C)(C)C)OP(C)(C)(C)C. The number of carbonyl (C=O) groups is 1. The third-order valence-corrected chi connectivity index (χ3v) is 4.55. The van der Waals surface area contributed by atoms with Gasteiger partial charge < -0.3 is 0 Å². The van der Waals surface area contributed by atoms with Gasteiger partial charge in [-0.05, 0) is 0 Å². The molecule has 0 aliphatic heterocycles. The van der Waals surface area contributed by atoms with Crippen LogP contribution in [0.2, 0.25) is 0 Å². The average molecular weight is 361 g/mol. The van der Waals surface area contributed by atoms with Crippen LogP contribution in [-0.4, -0.2) is 78.3 Å². The van der Waals surface area contributed by atoms with Crippen LogP contribution in [-0.2, 0) is 18.4 Å². The molecule has 0 rings (SSSR count). The summed E-state index contributed by atoms with van der Waals surface area (Å²) in [4.78, 5) is 11.7. The first-order valence-electron chi connectivity index (χ1n) is 6.96. The van der Waals surface area contributed by atoms with Crippen molar-refractivity contribution in [1.82, 2.24) is 0 Å². The Morgan fingerprint density at radius 3 is 1.67 bits per heavy atom. The summed E-state index contributed by atoms with van der Waals surface area (Å²) in [5.41, 5.74) is 6.18. The number of rotatable bonds is 8.